The van der Waals surface area contributed by atoms with E-state index in [4.69, 9.17) is 5.73 Å². The summed E-state index contributed by atoms with van der Waals surface area (Å²) in [6.07, 6.45) is 1.07. The van der Waals surface area contributed by atoms with Crippen molar-refractivity contribution in [2.45, 2.75) is 27.2 Å². The predicted molar refractivity (Wildman–Crippen MR) is 32.9 cm³/mol. The monoisotopic (exact) mass is 99.1 g/mol. The van der Waals surface area contributed by atoms with Crippen LogP contribution in [-0.4, -0.2) is 0 Å². The van der Waals surface area contributed by atoms with E-state index in [9.17, 15) is 0 Å². The summed E-state index contributed by atoms with van der Waals surface area (Å²) in [4.78, 5) is 0. The van der Waals surface area contributed by atoms with E-state index in [1.807, 2.05) is 6.92 Å². The van der Waals surface area contributed by atoms with Crippen molar-refractivity contribution in [3.05, 3.63) is 11.3 Å². The first-order valence-electron chi connectivity index (χ1n) is 2.60. The molecule has 7 heavy (non-hydrogen) atoms. The summed E-state index contributed by atoms with van der Waals surface area (Å²) in [5.74, 6) is 0. The molecule has 0 aliphatic carbocycles. The highest BCUT2D eigenvalue weighted by Gasteiger charge is 1.83. The Labute approximate surface area is 45.2 Å². The van der Waals surface area contributed by atoms with Gasteiger partial charge in [0, 0.05) is 5.70 Å². The molecule has 42 valence electrons. The Hall–Kier alpha value is -0.460. The third-order valence-corrected chi connectivity index (χ3v) is 1.20. The second-order valence-electron chi connectivity index (χ2n) is 1.82. The molecular formula is C6H13N. The molecule has 1 heteroatoms. The lowest BCUT2D eigenvalue weighted by molar-refractivity contribution is 1.04. The first kappa shape index (κ1) is 6.54. The van der Waals surface area contributed by atoms with E-state index in [0.717, 1.165) is 12.1 Å². The van der Waals surface area contributed by atoms with Crippen LogP contribution in [-0.2, 0) is 0 Å². The number of rotatable bonds is 1. The summed E-state index contributed by atoms with van der Waals surface area (Å²) >= 11 is 0. The van der Waals surface area contributed by atoms with Crippen molar-refractivity contribution in [2.75, 3.05) is 0 Å². The van der Waals surface area contributed by atoms with Crippen LogP contribution in [0.4, 0.5) is 0 Å². The summed E-state index contributed by atoms with van der Waals surface area (Å²) in [6.45, 7) is 6.08. The molecule has 2 N–H and O–H groups in total. The summed E-state index contributed by atoms with van der Waals surface area (Å²) < 4.78 is 0. The standard InChI is InChI=1S/C6H13N/c1-4-5(2)6(3)7/h4,7H2,1-3H3. The fourth-order valence-electron chi connectivity index (χ4n) is 0.279. The zero-order valence-electron chi connectivity index (χ0n) is 5.28. The van der Waals surface area contributed by atoms with Gasteiger partial charge in [0.25, 0.3) is 0 Å². The van der Waals surface area contributed by atoms with Gasteiger partial charge in [0.1, 0.15) is 0 Å². The molecule has 0 aromatic rings. The average Bonchev–Trinajstić information content (AvgIpc) is 1.65. The van der Waals surface area contributed by atoms with Gasteiger partial charge in [-0.1, -0.05) is 12.5 Å². The molecule has 0 spiro atoms. The highest BCUT2D eigenvalue weighted by atomic mass is 14.6. The molecule has 0 aromatic heterocycles. The second-order valence-corrected chi connectivity index (χ2v) is 1.82. The van der Waals surface area contributed by atoms with Crippen LogP contribution in [0.15, 0.2) is 11.3 Å². The van der Waals surface area contributed by atoms with Gasteiger partial charge in [-0.15, -0.1) is 0 Å². The van der Waals surface area contributed by atoms with Crippen molar-refractivity contribution >= 4 is 0 Å². The Balaban J connectivity index is 3.72. The zero-order chi connectivity index (χ0) is 5.86. The molecule has 0 aliphatic rings. The smallest absolute Gasteiger partial charge is 0.00378 e. The predicted octanol–water partition coefficient (Wildman–Crippen LogP) is 1.65. The Morgan fingerprint density at radius 3 is 1.86 bits per heavy atom. The molecule has 0 saturated carbocycles. The van der Waals surface area contributed by atoms with Gasteiger partial charge in [0.2, 0.25) is 0 Å². The SMILES string of the molecule is CCC(C)=C(C)N. The fourth-order valence-corrected chi connectivity index (χ4v) is 0.279. The molecular weight excluding hydrogens is 86.1 g/mol. The summed E-state index contributed by atoms with van der Waals surface area (Å²) in [7, 11) is 0. The van der Waals surface area contributed by atoms with Crippen molar-refractivity contribution in [1.29, 1.82) is 0 Å². The molecule has 0 rings (SSSR count). The molecule has 0 fully saturated rings. The second kappa shape index (κ2) is 2.67. The first-order chi connectivity index (χ1) is 3.18. The van der Waals surface area contributed by atoms with Crippen molar-refractivity contribution in [3.8, 4) is 0 Å². The van der Waals surface area contributed by atoms with Crippen LogP contribution in [0.3, 0.4) is 0 Å². The van der Waals surface area contributed by atoms with Gasteiger partial charge in [0.05, 0.1) is 0 Å². The van der Waals surface area contributed by atoms with Gasteiger partial charge in [-0.2, -0.15) is 0 Å². The maximum Gasteiger partial charge on any atom is 0.00378 e. The van der Waals surface area contributed by atoms with Gasteiger partial charge in [-0.3, -0.25) is 0 Å². The third kappa shape index (κ3) is 2.26. The normalized spacial score (nSPS) is 13.6. The Bertz CT molecular complexity index is 78.2. The Morgan fingerprint density at radius 2 is 1.86 bits per heavy atom. The van der Waals surface area contributed by atoms with E-state index >= 15 is 0 Å². The van der Waals surface area contributed by atoms with Crippen LogP contribution in [0.25, 0.3) is 0 Å². The molecule has 0 aliphatic heterocycles. The Kier molecular flexibility index (Phi) is 2.49. The average molecular weight is 99.2 g/mol. The molecule has 0 amide bonds. The lowest BCUT2D eigenvalue weighted by Crippen LogP contribution is -1.93. The van der Waals surface area contributed by atoms with Crippen LogP contribution in [0.2, 0.25) is 0 Å². The minimum absolute atomic E-state index is 0.961. The molecule has 0 unspecified atom stereocenters. The maximum absolute atomic E-state index is 5.43. The van der Waals surface area contributed by atoms with Crippen LogP contribution in [0, 0.1) is 0 Å². The van der Waals surface area contributed by atoms with Gasteiger partial charge >= 0.3 is 0 Å². The number of nitrogens with two attached hydrogens (primary N) is 1. The largest absolute Gasteiger partial charge is 0.402 e. The lowest BCUT2D eigenvalue weighted by Gasteiger charge is -1.94. The maximum atomic E-state index is 5.43. The fraction of sp³-hybridized carbons (Fsp3) is 0.667. The van der Waals surface area contributed by atoms with Crippen LogP contribution >= 0.6 is 0 Å². The molecule has 1 nitrogen and oxygen atoms in total. The van der Waals surface area contributed by atoms with E-state index in [0.29, 0.717) is 0 Å². The number of hydrogen-bond acceptors (Lipinski definition) is 1. The van der Waals surface area contributed by atoms with E-state index in [-0.39, 0.29) is 0 Å². The van der Waals surface area contributed by atoms with Gasteiger partial charge < -0.3 is 5.73 Å². The van der Waals surface area contributed by atoms with E-state index in [1.165, 1.54) is 5.57 Å². The van der Waals surface area contributed by atoms with E-state index in [2.05, 4.69) is 13.8 Å². The highest BCUT2D eigenvalue weighted by Crippen LogP contribution is 1.99. The summed E-state index contributed by atoms with van der Waals surface area (Å²) in [5.41, 5.74) is 7.68. The third-order valence-electron chi connectivity index (χ3n) is 1.20. The minimum Gasteiger partial charge on any atom is -0.402 e. The molecule has 0 saturated heterocycles. The van der Waals surface area contributed by atoms with Crippen LogP contribution < -0.4 is 5.73 Å². The van der Waals surface area contributed by atoms with Crippen LogP contribution in [0.1, 0.15) is 27.2 Å². The topological polar surface area (TPSA) is 26.0 Å². The molecule has 0 radical (unpaired) electrons. The minimum atomic E-state index is 0.961. The van der Waals surface area contributed by atoms with E-state index in [1.54, 1.807) is 0 Å². The molecule has 0 bridgehead atoms. The zero-order valence-corrected chi connectivity index (χ0v) is 5.28. The van der Waals surface area contributed by atoms with Crippen LogP contribution in [0.5, 0.6) is 0 Å². The van der Waals surface area contributed by atoms with E-state index < -0.39 is 0 Å². The van der Waals surface area contributed by atoms with Crippen molar-refractivity contribution in [3.63, 3.8) is 0 Å². The van der Waals surface area contributed by atoms with Gasteiger partial charge in [-0.05, 0) is 20.3 Å². The number of allylic oxidation sites excluding steroid dienone is 2. The lowest BCUT2D eigenvalue weighted by atomic mass is 10.2. The highest BCUT2D eigenvalue weighted by molar-refractivity contribution is 5.03. The quantitative estimate of drug-likeness (QED) is 0.531. The van der Waals surface area contributed by atoms with Crippen molar-refractivity contribution in [1.82, 2.24) is 0 Å². The molecule has 0 atom stereocenters. The molecule has 0 aromatic carbocycles. The van der Waals surface area contributed by atoms with Crippen molar-refractivity contribution < 1.29 is 0 Å². The van der Waals surface area contributed by atoms with Crippen molar-refractivity contribution in [2.24, 2.45) is 5.73 Å². The Morgan fingerprint density at radius 1 is 1.43 bits per heavy atom. The molecule has 0 heterocycles. The van der Waals surface area contributed by atoms with Gasteiger partial charge in [0.15, 0.2) is 0 Å². The summed E-state index contributed by atoms with van der Waals surface area (Å²) in [5, 5.41) is 0. The number of hydrogen-bond donors (Lipinski definition) is 1. The van der Waals surface area contributed by atoms with Gasteiger partial charge in [-0.25, -0.2) is 0 Å². The summed E-state index contributed by atoms with van der Waals surface area (Å²) in [6, 6.07) is 0. The first-order valence-corrected chi connectivity index (χ1v) is 2.60.